The standard InChI is InChI=1S/C134H100N2O4.20H2/c1-7-11-15-19-23-27-31-39-75-137-111-65-57-95-81-105(53-49-99(95)85-111)131-118-43-35-37-45-120(118)133(107-55-51-101-87-113(67-59-97(101)83-107)139-77-41-33-29-25-21-17-13-9-3)125-91-109(63-72-122(125)131)135-127-74-48-93(5)79-124(127)117-71-62-104(90-130(117)135)103-61-70-116-115-69-47-94(6)80-128(115)136(129(116)89-103)110-64-73-123-126(92-110)134(108-56-52-102-88-114(68-60-98(102)84-108)140-78-42-34-30-26-22-18-14-10-4)121-46-38-36-44-119(121)132(123)106-54-50-100-86-112(66-58-96(100)82-106)138-76-40-32-28-24-20-16-12-8-2;;;;;;;;;;;;;;;;;;;;/h1-2,35-38,43-74,79-92H,9-10,13-14,17-18,21-22,25-26,29-30,33-34,41-42,77-78H2,3-6H3;20*1H. The molecule has 0 unspecified atom stereocenters. The molecule has 6 heteroatoms. The Morgan fingerprint density at radius 3 is 0.943 bits per heavy atom. The van der Waals surface area contributed by atoms with Crippen LogP contribution in [0.4, 0.5) is 0 Å². The highest BCUT2D eigenvalue weighted by Gasteiger charge is 2.25. The molecule has 2 heterocycles. The van der Waals surface area contributed by atoms with Gasteiger partial charge in [-0.1, -0.05) is 285 Å². The van der Waals surface area contributed by atoms with Crippen LogP contribution < -0.4 is 18.9 Å². The molecule has 0 atom stereocenters. The van der Waals surface area contributed by atoms with E-state index in [2.05, 4.69) is 423 Å². The molecule has 20 aromatic rings. The molecule has 0 amide bonds. The number of hydrogen-bond donors (Lipinski definition) is 0. The second-order valence-corrected chi connectivity index (χ2v) is 36.2. The summed E-state index contributed by atoms with van der Waals surface area (Å²) in [6, 6.07) is 113. The Bertz CT molecular complexity index is 9130. The summed E-state index contributed by atoms with van der Waals surface area (Å²) < 4.78 is 29.8. The van der Waals surface area contributed by atoms with Crippen LogP contribution in [-0.4, -0.2) is 22.3 Å². The van der Waals surface area contributed by atoms with Crippen molar-refractivity contribution in [3.05, 3.63) is 314 Å². The van der Waals surface area contributed by atoms with Gasteiger partial charge in [0.15, 0.2) is 0 Å². The molecule has 0 radical (unpaired) electrons. The van der Waals surface area contributed by atoms with E-state index in [4.69, 9.17) is 31.8 Å². The van der Waals surface area contributed by atoms with E-state index >= 15 is 0 Å². The molecular formula is C134H140N2O4. The molecule has 0 spiro atoms. The SMILES string of the molecule is C#CC#CC#CC#CC#COc1ccc2cc(-c3c4ccccc4c(-c4ccc5cc(OCCCCCCCCCC)ccc5c4)c4cc(-n5c6ccc(C)cc6c6ccc(-c7ccc8c9ccc(C)cc9n(-c9ccc%10c(-c%11ccc%12cc(OC#CC#CC#CC#CC#C)ccc%12c%11)c%11ccccc%11c(-c%11ccc%12cc(OCCCCCCCCCC)ccc%12c%11)c%10c9)c8c7)cc65)ccc34)ccc2c1.[HH].[HH].[HH].[HH].[HH].[HH].[HH].[HH].[HH].[HH].[HH].[HH].[HH].[HH].[HH].[HH].[HH].[HH].[HH].[HH]. The first-order valence-electron chi connectivity index (χ1n) is 48.9. The van der Waals surface area contributed by atoms with Gasteiger partial charge >= 0.3 is 0 Å². The van der Waals surface area contributed by atoms with Gasteiger partial charge in [0.05, 0.1) is 35.3 Å². The highest BCUT2D eigenvalue weighted by atomic mass is 16.5. The lowest BCUT2D eigenvalue weighted by molar-refractivity contribution is 0.304. The number of hydrogen-bond acceptors (Lipinski definition) is 4. The highest BCUT2D eigenvalue weighted by Crippen LogP contribution is 2.50. The van der Waals surface area contributed by atoms with E-state index in [0.717, 1.165) is 200 Å². The van der Waals surface area contributed by atoms with Crippen LogP contribution in [0.2, 0.25) is 0 Å². The van der Waals surface area contributed by atoms with Crippen molar-refractivity contribution in [2.45, 2.75) is 130 Å². The van der Waals surface area contributed by atoms with Gasteiger partial charge in [0.25, 0.3) is 0 Å². The molecule has 0 saturated heterocycles. The van der Waals surface area contributed by atoms with Crippen LogP contribution in [0.3, 0.4) is 0 Å². The minimum Gasteiger partial charge on any atom is -0.494 e. The van der Waals surface area contributed by atoms with Gasteiger partial charge in [0, 0.05) is 109 Å². The van der Waals surface area contributed by atoms with Gasteiger partial charge in [-0.25, -0.2) is 0 Å². The molecule has 20 rings (SSSR count). The van der Waals surface area contributed by atoms with Crippen molar-refractivity contribution in [1.82, 2.24) is 9.13 Å². The zero-order chi connectivity index (χ0) is 95.0. The summed E-state index contributed by atoms with van der Waals surface area (Å²) >= 11 is 0. The molecule has 710 valence electrons. The van der Waals surface area contributed by atoms with Crippen molar-refractivity contribution in [2.75, 3.05) is 13.2 Å². The number of rotatable bonds is 29. The van der Waals surface area contributed by atoms with Crippen molar-refractivity contribution >= 4 is 130 Å². The largest absolute Gasteiger partial charge is 0.494 e. The fourth-order valence-corrected chi connectivity index (χ4v) is 20.3. The second-order valence-electron chi connectivity index (χ2n) is 36.2. The predicted octanol–water partition coefficient (Wildman–Crippen LogP) is 38.0. The van der Waals surface area contributed by atoms with E-state index < -0.39 is 0 Å². The van der Waals surface area contributed by atoms with Crippen LogP contribution in [0.15, 0.2) is 303 Å². The van der Waals surface area contributed by atoms with Crippen molar-refractivity contribution in [3.63, 3.8) is 0 Å². The van der Waals surface area contributed by atoms with Crippen LogP contribution in [0.25, 0.3) is 197 Å². The summed E-state index contributed by atoms with van der Waals surface area (Å²) in [4.78, 5) is 0. The molecule has 0 aliphatic heterocycles. The Morgan fingerprint density at radius 2 is 0.529 bits per heavy atom. The Balaban J connectivity index is 0.0000126. The van der Waals surface area contributed by atoms with E-state index in [1.165, 1.54) is 123 Å². The Kier molecular flexibility index (Phi) is 27.2. The summed E-state index contributed by atoms with van der Waals surface area (Å²) in [5.41, 5.74) is 20.2. The van der Waals surface area contributed by atoms with Crippen molar-refractivity contribution in [2.24, 2.45) is 0 Å². The fourth-order valence-electron chi connectivity index (χ4n) is 20.3. The predicted molar refractivity (Wildman–Crippen MR) is 631 cm³/mol. The number of fused-ring (bicyclic) bond motifs is 14. The summed E-state index contributed by atoms with van der Waals surface area (Å²) in [5.74, 6) is 44.2. The lowest BCUT2D eigenvalue weighted by Crippen LogP contribution is -1.98. The lowest BCUT2D eigenvalue weighted by atomic mass is 9.85. The quantitative estimate of drug-likeness (QED) is 0.0266. The number of ether oxygens (including phenoxy) is 4. The van der Waals surface area contributed by atoms with Crippen LogP contribution in [-0.2, 0) is 0 Å². The smallest absolute Gasteiger partial charge is 0.140 e. The van der Waals surface area contributed by atoms with Gasteiger partial charge in [0.1, 0.15) is 35.2 Å². The summed E-state index contributed by atoms with van der Waals surface area (Å²) in [5, 5.41) is 22.6. The number of nitrogens with zero attached hydrogens (tertiary/aromatic N) is 2. The maximum atomic E-state index is 6.48. The Labute approximate surface area is 849 Å². The average molecular weight is 1840 g/mol. The van der Waals surface area contributed by atoms with Crippen LogP contribution in [0.1, 0.15) is 156 Å². The molecule has 0 aliphatic carbocycles. The van der Waals surface area contributed by atoms with Crippen molar-refractivity contribution < 1.29 is 47.5 Å². The lowest BCUT2D eigenvalue weighted by Gasteiger charge is -2.20. The maximum Gasteiger partial charge on any atom is 0.140 e. The number of benzene rings is 18. The summed E-state index contributed by atoms with van der Waals surface area (Å²) in [6.07, 6.45) is 35.9. The molecule has 2 aromatic heterocycles. The molecule has 0 bridgehead atoms. The van der Waals surface area contributed by atoms with Gasteiger partial charge in [-0.15, -0.1) is 12.8 Å². The van der Waals surface area contributed by atoms with Crippen LogP contribution >= 0.6 is 0 Å². The molecular weight excluding hydrogens is 1700 g/mol. The van der Waals surface area contributed by atoms with E-state index in [-0.39, 0.29) is 28.5 Å². The zero-order valence-electron chi connectivity index (χ0n) is 79.3. The van der Waals surface area contributed by atoms with E-state index in [1.807, 2.05) is 24.3 Å². The van der Waals surface area contributed by atoms with E-state index in [1.54, 1.807) is 0 Å². The Morgan fingerprint density at radius 1 is 0.229 bits per heavy atom. The summed E-state index contributed by atoms with van der Waals surface area (Å²) in [6.45, 7) is 10.4. The van der Waals surface area contributed by atoms with Gasteiger partial charge in [-0.05, 0) is 349 Å². The number of aromatic nitrogens is 2. The van der Waals surface area contributed by atoms with Gasteiger partial charge in [-0.3, -0.25) is 0 Å². The maximum absolute atomic E-state index is 6.48. The minimum atomic E-state index is 0. The molecule has 18 aromatic carbocycles. The molecule has 0 saturated carbocycles. The van der Waals surface area contributed by atoms with Crippen molar-refractivity contribution in [3.8, 4) is 210 Å². The van der Waals surface area contributed by atoms with Crippen molar-refractivity contribution in [1.29, 1.82) is 0 Å². The normalized spacial score (nSPS) is 10.9. The molecule has 140 heavy (non-hydrogen) atoms. The highest BCUT2D eigenvalue weighted by molar-refractivity contribution is 6.25. The third kappa shape index (κ3) is 19.3. The first-order valence-corrected chi connectivity index (χ1v) is 48.9. The third-order valence-electron chi connectivity index (χ3n) is 27.0. The number of terminal acetylenes is 2. The summed E-state index contributed by atoms with van der Waals surface area (Å²) in [7, 11) is 0. The molecule has 0 aliphatic rings. The zero-order valence-corrected chi connectivity index (χ0v) is 79.3. The monoisotopic (exact) mass is 1840 g/mol. The van der Waals surface area contributed by atoms with Gasteiger partial charge < -0.3 is 28.1 Å². The second kappa shape index (κ2) is 42.1. The van der Waals surface area contributed by atoms with Crippen LogP contribution in [0, 0.1) is 134 Å². The molecule has 6 nitrogen and oxygen atoms in total. The first kappa shape index (κ1) is 90.3. The fraction of sp³-hybridized carbons (Fsp3) is 0.164. The number of unbranched alkanes of at least 4 members (excludes halogenated alkanes) is 14. The van der Waals surface area contributed by atoms with E-state index in [9.17, 15) is 0 Å². The third-order valence-corrected chi connectivity index (χ3v) is 27.0. The number of aryl methyl sites for hydroxylation is 2. The molecule has 0 N–H and O–H groups in total. The van der Waals surface area contributed by atoms with Crippen LogP contribution in [0.5, 0.6) is 23.0 Å². The van der Waals surface area contributed by atoms with Gasteiger partial charge in [0.2, 0.25) is 0 Å². The van der Waals surface area contributed by atoms with Gasteiger partial charge in [-0.2, -0.15) is 0 Å². The molecule has 0 fully saturated rings. The Hall–Kier alpha value is -17.6. The minimum absolute atomic E-state index is 0. The first-order chi connectivity index (χ1) is 69.1. The average Bonchev–Trinajstić information content (AvgIpc) is 1.40. The van der Waals surface area contributed by atoms with E-state index in [0.29, 0.717) is 24.7 Å². The topological polar surface area (TPSA) is 46.8 Å².